The van der Waals surface area contributed by atoms with E-state index in [2.05, 4.69) is 4.98 Å². The number of hydrogen-bond acceptors (Lipinski definition) is 5. The zero-order chi connectivity index (χ0) is 15.6. The van der Waals surface area contributed by atoms with Crippen LogP contribution in [0.5, 0.6) is 0 Å². The summed E-state index contributed by atoms with van der Waals surface area (Å²) in [6, 6.07) is 0. The Kier molecular flexibility index (Phi) is 4.56. The fourth-order valence-electron chi connectivity index (χ4n) is 2.62. The largest absolute Gasteiger partial charge is 0.393 e. The summed E-state index contributed by atoms with van der Waals surface area (Å²) in [5, 5.41) is 20.3. The van der Waals surface area contributed by atoms with E-state index >= 15 is 0 Å². The van der Waals surface area contributed by atoms with Gasteiger partial charge in [0.25, 0.3) is 0 Å². The SMILES string of the molecule is Cc1nc([N+](=O)[O-])cn1CC(=O)N1CCCC(C(C)O)C1. The van der Waals surface area contributed by atoms with Crippen LogP contribution in [0, 0.1) is 23.0 Å². The molecule has 1 aliphatic rings. The number of nitro groups is 1. The number of aliphatic hydroxyl groups excluding tert-OH is 1. The third-order valence-corrected chi connectivity index (χ3v) is 3.95. The Morgan fingerprint density at radius 2 is 2.38 bits per heavy atom. The molecule has 0 saturated carbocycles. The first-order chi connectivity index (χ1) is 9.88. The Bertz CT molecular complexity index is 540. The molecule has 116 valence electrons. The number of aliphatic hydroxyl groups is 1. The summed E-state index contributed by atoms with van der Waals surface area (Å²) in [6.45, 7) is 4.61. The molecule has 8 nitrogen and oxygen atoms in total. The molecule has 1 aromatic heterocycles. The Hall–Kier alpha value is -1.96. The van der Waals surface area contributed by atoms with Gasteiger partial charge in [0.05, 0.1) is 6.10 Å². The highest BCUT2D eigenvalue weighted by atomic mass is 16.6. The lowest BCUT2D eigenvalue weighted by Gasteiger charge is -2.34. The zero-order valence-electron chi connectivity index (χ0n) is 12.2. The maximum Gasteiger partial charge on any atom is 0.381 e. The van der Waals surface area contributed by atoms with Crippen molar-refractivity contribution in [1.29, 1.82) is 0 Å². The lowest BCUT2D eigenvalue weighted by molar-refractivity contribution is -0.389. The Balaban J connectivity index is 2.02. The highest BCUT2D eigenvalue weighted by Crippen LogP contribution is 2.20. The number of nitrogens with zero attached hydrogens (tertiary/aromatic N) is 4. The highest BCUT2D eigenvalue weighted by Gasteiger charge is 2.27. The average molecular weight is 296 g/mol. The fraction of sp³-hybridized carbons (Fsp3) is 0.692. The Morgan fingerprint density at radius 1 is 1.67 bits per heavy atom. The molecular formula is C13H20N4O4. The molecule has 0 radical (unpaired) electrons. The van der Waals surface area contributed by atoms with Crippen molar-refractivity contribution in [3.63, 3.8) is 0 Å². The van der Waals surface area contributed by atoms with E-state index in [1.807, 2.05) is 0 Å². The fourth-order valence-corrected chi connectivity index (χ4v) is 2.62. The first kappa shape index (κ1) is 15.4. The number of amides is 1. The van der Waals surface area contributed by atoms with Crippen LogP contribution in [0.25, 0.3) is 0 Å². The molecule has 0 aromatic carbocycles. The van der Waals surface area contributed by atoms with Crippen LogP contribution >= 0.6 is 0 Å². The van der Waals surface area contributed by atoms with Gasteiger partial charge >= 0.3 is 5.82 Å². The van der Waals surface area contributed by atoms with Gasteiger partial charge in [0.1, 0.15) is 12.7 Å². The van der Waals surface area contributed by atoms with E-state index in [0.29, 0.717) is 18.9 Å². The first-order valence-electron chi connectivity index (χ1n) is 7.02. The van der Waals surface area contributed by atoms with Crippen LogP contribution in [-0.2, 0) is 11.3 Å². The predicted octanol–water partition coefficient (Wildman–Crippen LogP) is 0.719. The molecule has 1 fully saturated rings. The quantitative estimate of drug-likeness (QED) is 0.651. The van der Waals surface area contributed by atoms with Crippen LogP contribution in [0.3, 0.4) is 0 Å². The average Bonchev–Trinajstić information content (AvgIpc) is 2.80. The van der Waals surface area contributed by atoms with E-state index in [0.717, 1.165) is 12.8 Å². The highest BCUT2D eigenvalue weighted by molar-refractivity contribution is 5.76. The lowest BCUT2D eigenvalue weighted by atomic mass is 9.93. The molecule has 2 atom stereocenters. The number of rotatable bonds is 4. The second kappa shape index (κ2) is 6.21. The van der Waals surface area contributed by atoms with Crippen LogP contribution in [0.1, 0.15) is 25.6 Å². The van der Waals surface area contributed by atoms with Crippen molar-refractivity contribution >= 4 is 11.7 Å². The van der Waals surface area contributed by atoms with Crippen LogP contribution in [-0.4, -0.2) is 49.6 Å². The topological polar surface area (TPSA) is 102 Å². The molecule has 0 bridgehead atoms. The second-order valence-electron chi connectivity index (χ2n) is 5.51. The zero-order valence-corrected chi connectivity index (χ0v) is 12.2. The monoisotopic (exact) mass is 296 g/mol. The predicted molar refractivity (Wildman–Crippen MR) is 74.6 cm³/mol. The van der Waals surface area contributed by atoms with E-state index in [1.165, 1.54) is 10.8 Å². The number of likely N-dealkylation sites (tertiary alicyclic amines) is 1. The molecule has 8 heteroatoms. The summed E-state index contributed by atoms with van der Waals surface area (Å²) in [6.07, 6.45) is 2.63. The van der Waals surface area contributed by atoms with Crippen LogP contribution in [0.15, 0.2) is 6.20 Å². The maximum absolute atomic E-state index is 12.3. The van der Waals surface area contributed by atoms with Gasteiger partial charge in [0.2, 0.25) is 11.7 Å². The first-order valence-corrected chi connectivity index (χ1v) is 7.02. The minimum atomic E-state index is -0.571. The summed E-state index contributed by atoms with van der Waals surface area (Å²) in [5.41, 5.74) is 0. The molecule has 1 aromatic rings. The van der Waals surface area contributed by atoms with Crippen molar-refractivity contribution in [2.24, 2.45) is 5.92 Å². The normalized spacial score (nSPS) is 20.3. The van der Waals surface area contributed by atoms with Gasteiger partial charge in [-0.25, -0.2) is 0 Å². The molecule has 0 aliphatic carbocycles. The number of imidazole rings is 1. The van der Waals surface area contributed by atoms with Gasteiger partial charge in [-0.2, -0.15) is 0 Å². The molecule has 2 unspecified atom stereocenters. The van der Waals surface area contributed by atoms with Crippen molar-refractivity contribution in [3.8, 4) is 0 Å². The molecule has 2 rings (SSSR count). The van der Waals surface area contributed by atoms with Crippen molar-refractivity contribution in [3.05, 3.63) is 22.1 Å². The third-order valence-electron chi connectivity index (χ3n) is 3.95. The second-order valence-corrected chi connectivity index (χ2v) is 5.51. The molecule has 1 amide bonds. The number of piperidine rings is 1. The summed E-state index contributed by atoms with van der Waals surface area (Å²) < 4.78 is 1.49. The number of aromatic nitrogens is 2. The summed E-state index contributed by atoms with van der Waals surface area (Å²) in [5.74, 6) is 0.191. The van der Waals surface area contributed by atoms with Gasteiger partial charge in [-0.1, -0.05) is 0 Å². The number of carbonyl (C=O) groups excluding carboxylic acids is 1. The van der Waals surface area contributed by atoms with Crippen molar-refractivity contribution in [1.82, 2.24) is 14.5 Å². The van der Waals surface area contributed by atoms with Crippen LogP contribution < -0.4 is 0 Å². The minimum Gasteiger partial charge on any atom is -0.393 e. The van der Waals surface area contributed by atoms with E-state index in [4.69, 9.17) is 0 Å². The maximum atomic E-state index is 12.3. The van der Waals surface area contributed by atoms with Crippen LogP contribution in [0.2, 0.25) is 0 Å². The lowest BCUT2D eigenvalue weighted by Crippen LogP contribution is -2.44. The molecule has 1 aliphatic heterocycles. The van der Waals surface area contributed by atoms with Gasteiger partial charge in [-0.05, 0) is 29.7 Å². The van der Waals surface area contributed by atoms with E-state index in [1.54, 1.807) is 18.7 Å². The summed E-state index contributed by atoms with van der Waals surface area (Å²) in [7, 11) is 0. The Labute approximate surface area is 122 Å². The number of hydrogen-bond donors (Lipinski definition) is 1. The van der Waals surface area contributed by atoms with Gasteiger partial charge in [0, 0.05) is 25.9 Å². The van der Waals surface area contributed by atoms with E-state index < -0.39 is 11.0 Å². The smallest absolute Gasteiger partial charge is 0.381 e. The standard InChI is InChI=1S/C13H20N4O4/c1-9(18)11-4-3-5-15(6-11)13(19)8-16-7-12(17(20)21)14-10(16)2/h7,9,11,18H,3-6,8H2,1-2H3. The van der Waals surface area contributed by atoms with Gasteiger partial charge < -0.3 is 20.1 Å². The number of aryl methyl sites for hydroxylation is 1. The van der Waals surface area contributed by atoms with E-state index in [-0.39, 0.29) is 24.2 Å². The van der Waals surface area contributed by atoms with Gasteiger partial charge in [-0.15, -0.1) is 0 Å². The number of carbonyl (C=O) groups is 1. The van der Waals surface area contributed by atoms with Gasteiger partial charge in [-0.3, -0.25) is 9.36 Å². The third kappa shape index (κ3) is 3.57. The molecular weight excluding hydrogens is 276 g/mol. The molecule has 2 heterocycles. The summed E-state index contributed by atoms with van der Waals surface area (Å²) >= 11 is 0. The summed E-state index contributed by atoms with van der Waals surface area (Å²) in [4.78, 5) is 27.9. The van der Waals surface area contributed by atoms with Crippen molar-refractivity contribution in [2.75, 3.05) is 13.1 Å². The van der Waals surface area contributed by atoms with Crippen molar-refractivity contribution in [2.45, 2.75) is 39.3 Å². The van der Waals surface area contributed by atoms with Crippen molar-refractivity contribution < 1.29 is 14.8 Å². The molecule has 0 spiro atoms. The molecule has 21 heavy (non-hydrogen) atoms. The van der Waals surface area contributed by atoms with E-state index in [9.17, 15) is 20.0 Å². The minimum absolute atomic E-state index is 0.0409. The molecule has 1 N–H and O–H groups in total. The van der Waals surface area contributed by atoms with Crippen LogP contribution in [0.4, 0.5) is 5.82 Å². The van der Waals surface area contributed by atoms with Gasteiger partial charge in [0.15, 0.2) is 0 Å². The Morgan fingerprint density at radius 3 is 2.95 bits per heavy atom. The molecule has 1 saturated heterocycles.